The highest BCUT2D eigenvalue weighted by atomic mass is 35.5. The first kappa shape index (κ1) is 23.4. The molecule has 2 aromatic rings. The number of amides is 1. The van der Waals surface area contributed by atoms with E-state index in [0.29, 0.717) is 50.4 Å². The monoisotopic (exact) mass is 477 g/mol. The average molecular weight is 478 g/mol. The third kappa shape index (κ3) is 6.15. The first-order valence-electron chi connectivity index (χ1n) is 9.89. The zero-order chi connectivity index (χ0) is 22.4. The second kappa shape index (κ2) is 10.9. The van der Waals surface area contributed by atoms with Gasteiger partial charge in [0.15, 0.2) is 11.5 Å². The summed E-state index contributed by atoms with van der Waals surface area (Å²) in [5, 5.41) is 2.97. The zero-order valence-electron chi connectivity index (χ0n) is 17.6. The van der Waals surface area contributed by atoms with Gasteiger partial charge in [0.05, 0.1) is 17.0 Å². The van der Waals surface area contributed by atoms with E-state index in [1.54, 1.807) is 18.2 Å². The molecule has 1 aliphatic rings. The zero-order valence-corrected chi connectivity index (χ0v) is 20.0. The summed E-state index contributed by atoms with van der Waals surface area (Å²) in [6.45, 7) is 5.05. The van der Waals surface area contributed by atoms with Gasteiger partial charge in [-0.25, -0.2) is 0 Å². The van der Waals surface area contributed by atoms with E-state index in [9.17, 15) is 4.79 Å². The van der Waals surface area contributed by atoms with Crippen molar-refractivity contribution in [3.63, 3.8) is 0 Å². The number of thioether (sulfide) groups is 1. The highest BCUT2D eigenvalue weighted by Crippen LogP contribution is 2.38. The highest BCUT2D eigenvalue weighted by Gasteiger charge is 2.22. The molecule has 164 valence electrons. The molecule has 0 radical (unpaired) electrons. The Morgan fingerprint density at radius 1 is 1.19 bits per heavy atom. The van der Waals surface area contributed by atoms with Gasteiger partial charge in [0.1, 0.15) is 23.3 Å². The molecule has 0 aromatic heterocycles. The maximum atomic E-state index is 11.9. The van der Waals surface area contributed by atoms with Gasteiger partial charge in [0.2, 0.25) is 0 Å². The number of halogens is 1. The van der Waals surface area contributed by atoms with E-state index in [1.807, 2.05) is 12.1 Å². The Labute approximate surface area is 197 Å². The van der Waals surface area contributed by atoms with Crippen LogP contribution >= 0.6 is 35.6 Å². The molecule has 3 rings (SSSR count). The summed E-state index contributed by atoms with van der Waals surface area (Å²) < 4.78 is 17.4. The van der Waals surface area contributed by atoms with Crippen LogP contribution in [0.25, 0.3) is 6.08 Å². The summed E-state index contributed by atoms with van der Waals surface area (Å²) in [4.78, 5) is 12.4. The van der Waals surface area contributed by atoms with Crippen LogP contribution in [0.15, 0.2) is 41.3 Å². The van der Waals surface area contributed by atoms with Crippen molar-refractivity contribution in [2.45, 2.75) is 26.2 Å². The molecule has 1 heterocycles. The van der Waals surface area contributed by atoms with Gasteiger partial charge in [-0.2, -0.15) is 0 Å². The standard InChI is InChI=1S/C23H24ClNO4S2/c1-4-14(2)16-5-7-17(8-6-16)28-9-10-29-21-18(24)11-15(12-19(21)27-3)13-20-22(26)25-23(30)31-20/h5-8,11-14H,4,9-10H2,1-3H3,(H,25,26,30). The molecule has 1 aliphatic heterocycles. The van der Waals surface area contributed by atoms with Gasteiger partial charge >= 0.3 is 0 Å². The second-order valence-electron chi connectivity index (χ2n) is 6.96. The molecule has 1 amide bonds. The molecule has 1 atom stereocenters. The fraction of sp³-hybridized carbons (Fsp3) is 0.304. The van der Waals surface area contributed by atoms with E-state index >= 15 is 0 Å². The number of carbonyl (C=O) groups is 1. The summed E-state index contributed by atoms with van der Waals surface area (Å²) >= 11 is 12.6. The van der Waals surface area contributed by atoms with E-state index in [1.165, 1.54) is 24.4 Å². The van der Waals surface area contributed by atoms with Crippen molar-refractivity contribution in [2.75, 3.05) is 20.3 Å². The SMILES string of the molecule is CCC(C)c1ccc(OCCOc2c(Cl)cc(C=C3SC(=S)NC3=O)cc2OC)cc1. The molecule has 0 saturated carbocycles. The molecule has 5 nitrogen and oxygen atoms in total. The Bertz CT molecular complexity index is 992. The van der Waals surface area contributed by atoms with Gasteiger partial charge in [-0.05, 0) is 53.8 Å². The number of benzene rings is 2. The van der Waals surface area contributed by atoms with Gasteiger partial charge < -0.3 is 19.5 Å². The molecule has 1 N–H and O–H groups in total. The van der Waals surface area contributed by atoms with E-state index in [4.69, 9.17) is 38.0 Å². The van der Waals surface area contributed by atoms with E-state index in [0.717, 1.165) is 12.2 Å². The topological polar surface area (TPSA) is 56.8 Å². The van der Waals surface area contributed by atoms with Gasteiger partial charge in [-0.3, -0.25) is 4.79 Å². The number of hydrogen-bond donors (Lipinski definition) is 1. The van der Waals surface area contributed by atoms with Crippen LogP contribution in [0.2, 0.25) is 5.02 Å². The number of carbonyl (C=O) groups excluding carboxylic acids is 1. The van der Waals surface area contributed by atoms with Crippen molar-refractivity contribution in [2.24, 2.45) is 0 Å². The second-order valence-corrected chi connectivity index (χ2v) is 9.09. The molecule has 8 heteroatoms. The largest absolute Gasteiger partial charge is 0.493 e. The number of methoxy groups -OCH3 is 1. The third-order valence-corrected chi connectivity index (χ3v) is 6.29. The van der Waals surface area contributed by atoms with Crippen molar-refractivity contribution in [3.05, 3.63) is 57.5 Å². The number of ether oxygens (including phenoxy) is 3. The fourth-order valence-electron chi connectivity index (χ4n) is 2.97. The molecular formula is C23H24ClNO4S2. The van der Waals surface area contributed by atoms with Crippen molar-refractivity contribution < 1.29 is 19.0 Å². The lowest BCUT2D eigenvalue weighted by molar-refractivity contribution is -0.115. The summed E-state index contributed by atoms with van der Waals surface area (Å²) in [5.41, 5.74) is 2.02. The van der Waals surface area contributed by atoms with Crippen LogP contribution in [0, 0.1) is 0 Å². The number of hydrogen-bond acceptors (Lipinski definition) is 6. The predicted octanol–water partition coefficient (Wildman–Crippen LogP) is 5.81. The molecule has 31 heavy (non-hydrogen) atoms. The van der Waals surface area contributed by atoms with Crippen LogP contribution < -0.4 is 19.5 Å². The van der Waals surface area contributed by atoms with Gasteiger partial charge in [-0.15, -0.1) is 0 Å². The lowest BCUT2D eigenvalue weighted by Crippen LogP contribution is -2.17. The van der Waals surface area contributed by atoms with Crippen LogP contribution in [0.1, 0.15) is 37.3 Å². The number of thiocarbonyl (C=S) groups is 1. The molecule has 1 fully saturated rings. The minimum absolute atomic E-state index is 0.222. The van der Waals surface area contributed by atoms with Crippen molar-refractivity contribution in [3.8, 4) is 17.2 Å². The third-order valence-electron chi connectivity index (χ3n) is 4.85. The van der Waals surface area contributed by atoms with E-state index in [2.05, 4.69) is 31.3 Å². The van der Waals surface area contributed by atoms with E-state index in [-0.39, 0.29) is 5.91 Å². The quantitative estimate of drug-likeness (QED) is 0.279. The molecular weight excluding hydrogens is 454 g/mol. The normalized spacial score (nSPS) is 15.7. The van der Waals surface area contributed by atoms with Crippen LogP contribution in [-0.4, -0.2) is 30.6 Å². The van der Waals surface area contributed by atoms with Gasteiger partial charge in [0, 0.05) is 0 Å². The molecule has 0 aliphatic carbocycles. The highest BCUT2D eigenvalue weighted by molar-refractivity contribution is 8.26. The first-order chi connectivity index (χ1) is 14.9. The van der Waals surface area contributed by atoms with Crippen LogP contribution in [0.4, 0.5) is 0 Å². The minimum Gasteiger partial charge on any atom is -0.493 e. The molecule has 1 saturated heterocycles. The smallest absolute Gasteiger partial charge is 0.263 e. The van der Waals surface area contributed by atoms with Crippen molar-refractivity contribution >= 4 is 51.9 Å². The summed E-state index contributed by atoms with van der Waals surface area (Å²) in [5.74, 6) is 2.01. The summed E-state index contributed by atoms with van der Waals surface area (Å²) in [7, 11) is 1.54. The maximum Gasteiger partial charge on any atom is 0.263 e. The lowest BCUT2D eigenvalue weighted by atomic mass is 9.99. The first-order valence-corrected chi connectivity index (χ1v) is 11.5. The molecule has 1 unspecified atom stereocenters. The molecule has 2 aromatic carbocycles. The summed E-state index contributed by atoms with van der Waals surface area (Å²) in [6, 6.07) is 11.6. The Morgan fingerprint density at radius 3 is 2.52 bits per heavy atom. The van der Waals surface area contributed by atoms with Crippen LogP contribution in [-0.2, 0) is 4.79 Å². The fourth-order valence-corrected chi connectivity index (χ4v) is 4.29. The Morgan fingerprint density at radius 2 is 1.90 bits per heavy atom. The van der Waals surface area contributed by atoms with Gasteiger partial charge in [0.25, 0.3) is 5.91 Å². The van der Waals surface area contributed by atoms with Crippen molar-refractivity contribution in [1.29, 1.82) is 0 Å². The average Bonchev–Trinajstić information content (AvgIpc) is 3.08. The minimum atomic E-state index is -0.222. The molecule has 0 spiro atoms. The van der Waals surface area contributed by atoms with Gasteiger partial charge in [-0.1, -0.05) is 61.6 Å². The molecule has 0 bridgehead atoms. The van der Waals surface area contributed by atoms with Crippen LogP contribution in [0.3, 0.4) is 0 Å². The van der Waals surface area contributed by atoms with Crippen molar-refractivity contribution in [1.82, 2.24) is 5.32 Å². The Kier molecular flexibility index (Phi) is 8.23. The predicted molar refractivity (Wildman–Crippen MR) is 130 cm³/mol. The van der Waals surface area contributed by atoms with Crippen LogP contribution in [0.5, 0.6) is 17.2 Å². The Balaban J connectivity index is 1.60. The number of nitrogens with one attached hydrogen (secondary N) is 1. The summed E-state index contributed by atoms with van der Waals surface area (Å²) in [6.07, 6.45) is 2.82. The maximum absolute atomic E-state index is 11.9. The number of rotatable bonds is 9. The van der Waals surface area contributed by atoms with E-state index < -0.39 is 0 Å². The Hall–Kier alpha value is -2.22. The lowest BCUT2D eigenvalue weighted by Gasteiger charge is -2.14.